The molecule has 0 heterocycles. The topological polar surface area (TPSA) is 40.5 Å². The summed E-state index contributed by atoms with van der Waals surface area (Å²) in [6.07, 6.45) is 8.55. The molecule has 10 heavy (non-hydrogen) atoms. The molecule has 0 aromatic rings. The van der Waals surface area contributed by atoms with Gasteiger partial charge in [-0.1, -0.05) is 36.5 Å². The Balaban J connectivity index is 2.71. The first-order chi connectivity index (χ1) is 4.80. The average molecular weight is 138 g/mol. The van der Waals surface area contributed by atoms with Crippen molar-refractivity contribution in [2.75, 3.05) is 0 Å². The summed E-state index contributed by atoms with van der Waals surface area (Å²) in [5, 5.41) is 18.1. The largest absolute Gasteiger partial charge is 0.386 e. The summed E-state index contributed by atoms with van der Waals surface area (Å²) in [4.78, 5) is 0. The minimum atomic E-state index is -0.777. The van der Waals surface area contributed by atoms with Crippen LogP contribution in [0.25, 0.3) is 0 Å². The zero-order valence-corrected chi connectivity index (χ0v) is 5.51. The van der Waals surface area contributed by atoms with Crippen LogP contribution in [0.1, 0.15) is 0 Å². The Morgan fingerprint density at radius 2 is 1.10 bits per heavy atom. The van der Waals surface area contributed by atoms with Gasteiger partial charge in [0.05, 0.1) is 0 Å². The quantitative estimate of drug-likeness (QED) is 0.508. The molecule has 0 saturated heterocycles. The summed E-state index contributed by atoms with van der Waals surface area (Å²) >= 11 is 0. The van der Waals surface area contributed by atoms with Crippen LogP contribution in [0.2, 0.25) is 0 Å². The summed E-state index contributed by atoms with van der Waals surface area (Å²) in [5.41, 5.74) is 0. The van der Waals surface area contributed by atoms with Crippen LogP contribution < -0.4 is 0 Å². The maximum Gasteiger partial charge on any atom is 0.102 e. The predicted molar refractivity (Wildman–Crippen MR) is 39.4 cm³/mol. The Bertz CT molecular complexity index is 160. The van der Waals surface area contributed by atoms with Crippen LogP contribution >= 0.6 is 0 Å². The van der Waals surface area contributed by atoms with Gasteiger partial charge in [0.1, 0.15) is 12.2 Å². The molecule has 0 radical (unpaired) electrons. The van der Waals surface area contributed by atoms with E-state index < -0.39 is 12.2 Å². The second-order valence-corrected chi connectivity index (χ2v) is 2.14. The molecule has 54 valence electrons. The molecule has 0 saturated carbocycles. The van der Waals surface area contributed by atoms with Crippen LogP contribution in [0.4, 0.5) is 0 Å². The van der Waals surface area contributed by atoms with E-state index in [0.717, 1.165) is 0 Å². The summed E-state index contributed by atoms with van der Waals surface area (Å²) in [5.74, 6) is 0. The van der Waals surface area contributed by atoms with E-state index in [4.69, 9.17) is 10.2 Å². The van der Waals surface area contributed by atoms with E-state index in [2.05, 4.69) is 0 Å². The molecule has 0 aromatic heterocycles. The molecule has 2 atom stereocenters. The van der Waals surface area contributed by atoms with Gasteiger partial charge in [0.25, 0.3) is 0 Å². The van der Waals surface area contributed by atoms with E-state index >= 15 is 0 Å². The van der Waals surface area contributed by atoms with Gasteiger partial charge in [0, 0.05) is 0 Å². The maximum atomic E-state index is 9.06. The standard InChI is InChI=1S/C8H10O2/c9-7-5-3-1-2-4-6-8(7)10/h1-10H/t7-,8+. The Kier molecular flexibility index (Phi) is 2.42. The molecule has 0 aliphatic heterocycles. The normalized spacial score (nSPS) is 31.8. The predicted octanol–water partition coefficient (Wildman–Crippen LogP) is 0.390. The highest BCUT2D eigenvalue weighted by atomic mass is 16.3. The van der Waals surface area contributed by atoms with Crippen molar-refractivity contribution >= 4 is 0 Å². The van der Waals surface area contributed by atoms with Crippen LogP contribution in [0.15, 0.2) is 36.5 Å². The molecule has 0 amide bonds. The van der Waals surface area contributed by atoms with Gasteiger partial charge in [-0.15, -0.1) is 0 Å². The van der Waals surface area contributed by atoms with Gasteiger partial charge >= 0.3 is 0 Å². The lowest BCUT2D eigenvalue weighted by atomic mass is 10.1. The van der Waals surface area contributed by atoms with Crippen molar-refractivity contribution in [2.24, 2.45) is 0 Å². The van der Waals surface area contributed by atoms with Crippen LogP contribution in [-0.4, -0.2) is 22.4 Å². The molecule has 2 heteroatoms. The number of allylic oxidation sites excluding steroid dienone is 4. The first-order valence-electron chi connectivity index (χ1n) is 3.18. The maximum absolute atomic E-state index is 9.06. The Morgan fingerprint density at radius 3 is 1.50 bits per heavy atom. The van der Waals surface area contributed by atoms with Crippen molar-refractivity contribution in [3.8, 4) is 0 Å². The summed E-state index contributed by atoms with van der Waals surface area (Å²) < 4.78 is 0. The first kappa shape index (κ1) is 7.25. The van der Waals surface area contributed by atoms with E-state index in [-0.39, 0.29) is 0 Å². The zero-order valence-electron chi connectivity index (χ0n) is 5.51. The Morgan fingerprint density at radius 1 is 0.700 bits per heavy atom. The van der Waals surface area contributed by atoms with Gasteiger partial charge in [-0.25, -0.2) is 0 Å². The Labute approximate surface area is 59.8 Å². The number of aliphatic hydroxyl groups excluding tert-OH is 2. The van der Waals surface area contributed by atoms with Crippen molar-refractivity contribution in [1.29, 1.82) is 0 Å². The van der Waals surface area contributed by atoms with Gasteiger partial charge < -0.3 is 10.2 Å². The van der Waals surface area contributed by atoms with Crippen LogP contribution in [0, 0.1) is 0 Å². The molecule has 0 aromatic carbocycles. The molecular weight excluding hydrogens is 128 g/mol. The smallest absolute Gasteiger partial charge is 0.102 e. The highest BCUT2D eigenvalue weighted by Gasteiger charge is 2.08. The fourth-order valence-corrected chi connectivity index (χ4v) is 0.712. The zero-order chi connectivity index (χ0) is 7.40. The summed E-state index contributed by atoms with van der Waals surface area (Å²) in [7, 11) is 0. The minimum absolute atomic E-state index is 0.777. The van der Waals surface area contributed by atoms with Crippen molar-refractivity contribution in [3.63, 3.8) is 0 Å². The van der Waals surface area contributed by atoms with E-state index in [9.17, 15) is 0 Å². The molecule has 0 spiro atoms. The Hall–Kier alpha value is -0.860. The molecule has 1 rings (SSSR count). The molecule has 0 bridgehead atoms. The van der Waals surface area contributed by atoms with Crippen molar-refractivity contribution in [1.82, 2.24) is 0 Å². The molecule has 2 N–H and O–H groups in total. The van der Waals surface area contributed by atoms with E-state index in [0.29, 0.717) is 0 Å². The number of rotatable bonds is 0. The van der Waals surface area contributed by atoms with Gasteiger partial charge in [-0.3, -0.25) is 0 Å². The SMILES string of the molecule is O[C@@H]1C=CC=CC=C[C@@H]1O. The molecule has 0 unspecified atom stereocenters. The number of aliphatic hydroxyl groups is 2. The highest BCUT2D eigenvalue weighted by Crippen LogP contribution is 2.00. The van der Waals surface area contributed by atoms with Crippen LogP contribution in [-0.2, 0) is 0 Å². The monoisotopic (exact) mass is 138 g/mol. The average Bonchev–Trinajstić information content (AvgIpc) is 1.92. The molecule has 1 aliphatic rings. The third kappa shape index (κ3) is 1.83. The summed E-state index contributed by atoms with van der Waals surface area (Å²) in [6.45, 7) is 0. The molecule has 0 fully saturated rings. The number of hydrogen-bond donors (Lipinski definition) is 2. The lowest BCUT2D eigenvalue weighted by Crippen LogP contribution is -2.21. The molecule has 2 nitrogen and oxygen atoms in total. The lowest BCUT2D eigenvalue weighted by molar-refractivity contribution is 0.0807. The van der Waals surface area contributed by atoms with Crippen LogP contribution in [0.3, 0.4) is 0 Å². The van der Waals surface area contributed by atoms with Gasteiger partial charge in [-0.2, -0.15) is 0 Å². The second kappa shape index (κ2) is 3.34. The fraction of sp³-hybridized carbons (Fsp3) is 0.250. The minimum Gasteiger partial charge on any atom is -0.386 e. The third-order valence-electron chi connectivity index (χ3n) is 1.30. The first-order valence-corrected chi connectivity index (χ1v) is 3.18. The van der Waals surface area contributed by atoms with Crippen LogP contribution in [0.5, 0.6) is 0 Å². The second-order valence-electron chi connectivity index (χ2n) is 2.14. The fourth-order valence-electron chi connectivity index (χ4n) is 0.712. The van der Waals surface area contributed by atoms with Gasteiger partial charge in [0.2, 0.25) is 0 Å². The highest BCUT2D eigenvalue weighted by molar-refractivity contribution is 5.17. The van der Waals surface area contributed by atoms with Gasteiger partial charge in [0.15, 0.2) is 0 Å². The molecular formula is C8H10O2. The van der Waals surface area contributed by atoms with E-state index in [1.165, 1.54) is 0 Å². The summed E-state index contributed by atoms with van der Waals surface area (Å²) in [6, 6.07) is 0. The van der Waals surface area contributed by atoms with E-state index in [1.807, 2.05) is 0 Å². The number of hydrogen-bond acceptors (Lipinski definition) is 2. The molecule has 1 aliphatic carbocycles. The van der Waals surface area contributed by atoms with Crippen molar-refractivity contribution in [2.45, 2.75) is 12.2 Å². The third-order valence-corrected chi connectivity index (χ3v) is 1.30. The van der Waals surface area contributed by atoms with Crippen molar-refractivity contribution in [3.05, 3.63) is 36.5 Å². The van der Waals surface area contributed by atoms with Gasteiger partial charge in [-0.05, 0) is 0 Å². The lowest BCUT2D eigenvalue weighted by Gasteiger charge is -2.09. The van der Waals surface area contributed by atoms with Crippen molar-refractivity contribution < 1.29 is 10.2 Å². The van der Waals surface area contributed by atoms with E-state index in [1.54, 1.807) is 36.5 Å².